The second-order valence-electron chi connectivity index (χ2n) is 7.41. The van der Waals surface area contributed by atoms with Crippen LogP contribution in [0.1, 0.15) is 24.5 Å². The average molecular weight is 452 g/mol. The minimum atomic E-state index is -0.140. The van der Waals surface area contributed by atoms with Crippen LogP contribution in [0.3, 0.4) is 0 Å². The molecule has 1 aromatic heterocycles. The number of fused-ring (bicyclic) bond motifs is 1. The first-order valence-electron chi connectivity index (χ1n) is 10.4. The standard InChI is InChI=1S/C24H25N3O2S2/c1-2-17-9-11-18(12-10-17)20-14-31-24(25-20)26-22(28)15-30-16-23(29)27-13-5-7-19-6-3-4-8-21(19)27/h3-4,6,8-12,14H,2,5,7,13,15-16H2,1H3,(H,25,26,28). The zero-order valence-electron chi connectivity index (χ0n) is 17.5. The number of amides is 2. The molecule has 0 atom stereocenters. The van der Waals surface area contributed by atoms with Crippen LogP contribution in [0.15, 0.2) is 53.9 Å². The molecule has 0 aliphatic carbocycles. The van der Waals surface area contributed by atoms with Crippen LogP contribution in [-0.2, 0) is 22.4 Å². The number of benzene rings is 2. The summed E-state index contributed by atoms with van der Waals surface area (Å²) in [5.41, 5.74) is 5.40. The zero-order valence-corrected chi connectivity index (χ0v) is 19.1. The molecule has 0 saturated heterocycles. The molecule has 3 aromatic rings. The van der Waals surface area contributed by atoms with E-state index in [1.165, 1.54) is 34.2 Å². The number of para-hydroxylation sites is 1. The van der Waals surface area contributed by atoms with E-state index in [0.29, 0.717) is 5.13 Å². The van der Waals surface area contributed by atoms with Crippen LogP contribution < -0.4 is 10.2 Å². The van der Waals surface area contributed by atoms with Gasteiger partial charge in [-0.3, -0.25) is 9.59 Å². The highest BCUT2D eigenvalue weighted by Gasteiger charge is 2.22. The second-order valence-corrected chi connectivity index (χ2v) is 9.25. The average Bonchev–Trinajstić information content (AvgIpc) is 3.27. The van der Waals surface area contributed by atoms with Crippen LogP contribution in [0.4, 0.5) is 10.8 Å². The summed E-state index contributed by atoms with van der Waals surface area (Å²) in [5.74, 6) is 0.423. The van der Waals surface area contributed by atoms with E-state index in [0.717, 1.165) is 42.8 Å². The Hall–Kier alpha value is -2.64. The molecule has 0 fully saturated rings. The zero-order chi connectivity index (χ0) is 21.6. The lowest BCUT2D eigenvalue weighted by Crippen LogP contribution is -2.36. The third kappa shape index (κ3) is 5.35. The third-order valence-corrected chi connectivity index (χ3v) is 6.95. The van der Waals surface area contributed by atoms with E-state index in [1.807, 2.05) is 28.5 Å². The number of aryl methyl sites for hydroxylation is 2. The molecule has 31 heavy (non-hydrogen) atoms. The molecule has 0 saturated carbocycles. The molecule has 0 radical (unpaired) electrons. The number of carbonyl (C=O) groups is 2. The molecule has 1 aliphatic heterocycles. The lowest BCUT2D eigenvalue weighted by atomic mass is 10.0. The number of rotatable bonds is 7. The third-order valence-electron chi connectivity index (χ3n) is 5.28. The van der Waals surface area contributed by atoms with Crippen molar-refractivity contribution in [2.75, 3.05) is 28.3 Å². The fourth-order valence-electron chi connectivity index (χ4n) is 3.63. The van der Waals surface area contributed by atoms with Crippen LogP contribution in [0.25, 0.3) is 11.3 Å². The van der Waals surface area contributed by atoms with Crippen LogP contribution in [0.2, 0.25) is 0 Å². The highest BCUT2D eigenvalue weighted by atomic mass is 32.2. The maximum absolute atomic E-state index is 12.7. The SMILES string of the molecule is CCc1ccc(-c2csc(NC(=O)CSCC(=O)N3CCCc4ccccc43)n2)cc1. The number of thiazole rings is 1. The molecule has 2 aromatic carbocycles. The molecular weight excluding hydrogens is 426 g/mol. The molecule has 7 heteroatoms. The maximum Gasteiger partial charge on any atom is 0.236 e. The number of hydrogen-bond donors (Lipinski definition) is 1. The largest absolute Gasteiger partial charge is 0.311 e. The van der Waals surface area contributed by atoms with Crippen molar-refractivity contribution < 1.29 is 9.59 Å². The minimum absolute atomic E-state index is 0.0528. The van der Waals surface area contributed by atoms with Gasteiger partial charge >= 0.3 is 0 Å². The molecule has 2 amide bonds. The number of carbonyl (C=O) groups excluding carboxylic acids is 2. The second kappa shape index (κ2) is 10.1. The normalized spacial score (nSPS) is 13.0. The van der Waals surface area contributed by atoms with Crippen LogP contribution >= 0.6 is 23.1 Å². The predicted molar refractivity (Wildman–Crippen MR) is 130 cm³/mol. The molecule has 0 spiro atoms. The van der Waals surface area contributed by atoms with Gasteiger partial charge in [-0.25, -0.2) is 4.98 Å². The molecule has 0 bridgehead atoms. The number of hydrogen-bond acceptors (Lipinski definition) is 5. The van der Waals surface area contributed by atoms with Gasteiger partial charge in [0.1, 0.15) is 0 Å². The fraction of sp³-hybridized carbons (Fsp3) is 0.292. The molecule has 2 heterocycles. The molecule has 160 valence electrons. The fourth-order valence-corrected chi connectivity index (χ4v) is 5.06. The summed E-state index contributed by atoms with van der Waals surface area (Å²) in [6, 6.07) is 16.4. The lowest BCUT2D eigenvalue weighted by molar-refractivity contribution is -0.116. The smallest absolute Gasteiger partial charge is 0.236 e. The highest BCUT2D eigenvalue weighted by molar-refractivity contribution is 8.00. The van der Waals surface area contributed by atoms with E-state index in [4.69, 9.17) is 0 Å². The molecule has 1 N–H and O–H groups in total. The topological polar surface area (TPSA) is 62.3 Å². The highest BCUT2D eigenvalue weighted by Crippen LogP contribution is 2.28. The Balaban J connectivity index is 1.26. The van der Waals surface area contributed by atoms with Crippen molar-refractivity contribution in [3.05, 3.63) is 65.0 Å². The van der Waals surface area contributed by atoms with E-state index in [1.54, 1.807) is 0 Å². The van der Waals surface area contributed by atoms with Crippen molar-refractivity contribution >= 4 is 45.7 Å². The number of aromatic nitrogens is 1. The first kappa shape index (κ1) is 21.6. The summed E-state index contributed by atoms with van der Waals surface area (Å²) < 4.78 is 0. The summed E-state index contributed by atoms with van der Waals surface area (Å²) in [6.07, 6.45) is 2.98. The summed E-state index contributed by atoms with van der Waals surface area (Å²) >= 11 is 2.75. The van der Waals surface area contributed by atoms with Crippen LogP contribution in [-0.4, -0.2) is 34.8 Å². The van der Waals surface area contributed by atoms with Gasteiger partial charge in [0.15, 0.2) is 5.13 Å². The number of anilines is 2. The van der Waals surface area contributed by atoms with Crippen LogP contribution in [0.5, 0.6) is 0 Å². The van der Waals surface area contributed by atoms with Crippen LogP contribution in [0, 0.1) is 0 Å². The number of nitrogens with one attached hydrogen (secondary N) is 1. The Morgan fingerprint density at radius 1 is 1.13 bits per heavy atom. The summed E-state index contributed by atoms with van der Waals surface area (Å²) in [5, 5.41) is 5.37. The van der Waals surface area contributed by atoms with Crippen molar-refractivity contribution in [2.45, 2.75) is 26.2 Å². The van der Waals surface area contributed by atoms with E-state index >= 15 is 0 Å². The van der Waals surface area contributed by atoms with Gasteiger partial charge in [0, 0.05) is 23.2 Å². The Labute approximate surface area is 190 Å². The van der Waals surface area contributed by atoms with Gasteiger partial charge in [0.25, 0.3) is 0 Å². The quantitative estimate of drug-likeness (QED) is 0.548. The minimum Gasteiger partial charge on any atom is -0.311 e. The van der Waals surface area contributed by atoms with Crippen molar-refractivity contribution in [3.8, 4) is 11.3 Å². The Morgan fingerprint density at radius 3 is 2.74 bits per heavy atom. The predicted octanol–water partition coefficient (Wildman–Crippen LogP) is 5.02. The van der Waals surface area contributed by atoms with Gasteiger partial charge < -0.3 is 10.2 Å². The van der Waals surface area contributed by atoms with E-state index in [9.17, 15) is 9.59 Å². The summed E-state index contributed by atoms with van der Waals surface area (Å²) in [4.78, 5) is 31.3. The van der Waals surface area contributed by atoms with Gasteiger partial charge in [0.05, 0.1) is 17.2 Å². The Kier molecular flexibility index (Phi) is 7.04. The molecular formula is C24H25N3O2S2. The van der Waals surface area contributed by atoms with Gasteiger partial charge in [-0.05, 0) is 36.5 Å². The van der Waals surface area contributed by atoms with E-state index in [-0.39, 0.29) is 23.3 Å². The number of thioether (sulfide) groups is 1. The summed E-state index contributed by atoms with van der Waals surface area (Å²) in [6.45, 7) is 2.87. The van der Waals surface area contributed by atoms with Crippen molar-refractivity contribution in [1.29, 1.82) is 0 Å². The van der Waals surface area contributed by atoms with Gasteiger partial charge in [0.2, 0.25) is 11.8 Å². The van der Waals surface area contributed by atoms with E-state index < -0.39 is 0 Å². The number of nitrogens with zero attached hydrogens (tertiary/aromatic N) is 2. The van der Waals surface area contributed by atoms with Crippen molar-refractivity contribution in [3.63, 3.8) is 0 Å². The van der Waals surface area contributed by atoms with Crippen molar-refractivity contribution in [2.24, 2.45) is 0 Å². The van der Waals surface area contributed by atoms with Gasteiger partial charge in [-0.15, -0.1) is 23.1 Å². The lowest BCUT2D eigenvalue weighted by Gasteiger charge is -2.29. The molecule has 1 aliphatic rings. The molecule has 0 unspecified atom stereocenters. The molecule has 4 rings (SSSR count). The van der Waals surface area contributed by atoms with Crippen molar-refractivity contribution in [1.82, 2.24) is 4.98 Å². The van der Waals surface area contributed by atoms with Gasteiger partial charge in [-0.1, -0.05) is 49.4 Å². The maximum atomic E-state index is 12.7. The Morgan fingerprint density at radius 2 is 1.94 bits per heavy atom. The molecule has 5 nitrogen and oxygen atoms in total. The summed E-state index contributed by atoms with van der Waals surface area (Å²) in [7, 11) is 0. The monoisotopic (exact) mass is 451 g/mol. The first-order valence-corrected chi connectivity index (χ1v) is 12.5. The Bertz CT molecular complexity index is 1060. The van der Waals surface area contributed by atoms with Gasteiger partial charge in [-0.2, -0.15) is 0 Å². The van der Waals surface area contributed by atoms with E-state index in [2.05, 4.69) is 47.6 Å². The first-order chi connectivity index (χ1) is 15.1.